The lowest BCUT2D eigenvalue weighted by Crippen LogP contribution is -2.55. The minimum absolute atomic E-state index is 0.0524. The van der Waals surface area contributed by atoms with E-state index in [4.69, 9.17) is 5.11 Å². The molecule has 0 aliphatic rings. The zero-order valence-electron chi connectivity index (χ0n) is 12.3. The maximum absolute atomic E-state index is 12.0. The van der Waals surface area contributed by atoms with Crippen molar-refractivity contribution in [1.29, 1.82) is 0 Å². The van der Waals surface area contributed by atoms with Gasteiger partial charge in [-0.1, -0.05) is 0 Å². The molecular weight excluding hydrogens is 250 g/mol. The van der Waals surface area contributed by atoms with Crippen LogP contribution in [0.25, 0.3) is 0 Å². The molecule has 0 saturated heterocycles. The van der Waals surface area contributed by atoms with Crippen LogP contribution >= 0.6 is 0 Å². The van der Waals surface area contributed by atoms with Crippen LogP contribution < -0.4 is 5.32 Å². The van der Waals surface area contributed by atoms with E-state index < -0.39 is 24.1 Å². The molecule has 0 rings (SSSR count). The molecule has 0 aromatic carbocycles. The molecule has 0 aliphatic carbocycles. The van der Waals surface area contributed by atoms with Gasteiger partial charge in [0.2, 0.25) is 0 Å². The fourth-order valence-electron chi connectivity index (χ4n) is 1.89. The number of amides is 2. The first-order valence-corrected chi connectivity index (χ1v) is 6.33. The number of carbonyl (C=O) groups excluding carboxylic acids is 1. The summed E-state index contributed by atoms with van der Waals surface area (Å²) < 4.78 is 0. The SMILES string of the molecule is CCN(C(=O)N[C@H](C(=O)O)[C@@H](C)O)C(C)CN(C)C. The molecule has 0 aliphatic heterocycles. The van der Waals surface area contributed by atoms with Crippen LogP contribution in [0.4, 0.5) is 4.79 Å². The van der Waals surface area contributed by atoms with E-state index in [9.17, 15) is 14.7 Å². The molecule has 0 fully saturated rings. The second-order valence-corrected chi connectivity index (χ2v) is 4.90. The number of likely N-dealkylation sites (N-methyl/N-ethyl adjacent to an activating group) is 2. The Hall–Kier alpha value is -1.34. The molecule has 0 bridgehead atoms. The van der Waals surface area contributed by atoms with Gasteiger partial charge in [-0.3, -0.25) is 0 Å². The van der Waals surface area contributed by atoms with Crippen molar-refractivity contribution < 1.29 is 19.8 Å². The van der Waals surface area contributed by atoms with Gasteiger partial charge in [-0.25, -0.2) is 9.59 Å². The summed E-state index contributed by atoms with van der Waals surface area (Å²) in [5.74, 6) is -1.25. The quantitative estimate of drug-likeness (QED) is 0.598. The van der Waals surface area contributed by atoms with E-state index in [2.05, 4.69) is 5.32 Å². The predicted molar refractivity (Wildman–Crippen MR) is 72.0 cm³/mol. The molecule has 19 heavy (non-hydrogen) atoms. The van der Waals surface area contributed by atoms with Crippen LogP contribution in [0.5, 0.6) is 0 Å². The van der Waals surface area contributed by atoms with Crippen molar-refractivity contribution >= 4 is 12.0 Å². The van der Waals surface area contributed by atoms with E-state index in [1.165, 1.54) is 6.92 Å². The van der Waals surface area contributed by atoms with Crippen molar-refractivity contribution in [2.45, 2.75) is 39.0 Å². The maximum atomic E-state index is 12.0. The summed E-state index contributed by atoms with van der Waals surface area (Å²) >= 11 is 0. The molecule has 3 N–H and O–H groups in total. The number of hydrogen-bond donors (Lipinski definition) is 3. The highest BCUT2D eigenvalue weighted by atomic mass is 16.4. The number of carbonyl (C=O) groups is 2. The summed E-state index contributed by atoms with van der Waals surface area (Å²) in [4.78, 5) is 26.5. The molecule has 0 heterocycles. The highest BCUT2D eigenvalue weighted by molar-refractivity contribution is 5.83. The van der Waals surface area contributed by atoms with Crippen molar-refractivity contribution in [3.05, 3.63) is 0 Å². The normalized spacial score (nSPS) is 15.7. The van der Waals surface area contributed by atoms with Crippen molar-refractivity contribution in [1.82, 2.24) is 15.1 Å². The summed E-state index contributed by atoms with van der Waals surface area (Å²) in [5.41, 5.74) is 0. The van der Waals surface area contributed by atoms with Crippen LogP contribution in [0.1, 0.15) is 20.8 Å². The Balaban J connectivity index is 4.71. The van der Waals surface area contributed by atoms with Gasteiger partial charge in [-0.15, -0.1) is 0 Å². The highest BCUT2D eigenvalue weighted by Gasteiger charge is 2.28. The van der Waals surface area contributed by atoms with Gasteiger partial charge in [0.1, 0.15) is 0 Å². The lowest BCUT2D eigenvalue weighted by Gasteiger charge is -2.31. The Bertz CT molecular complexity index is 307. The number of rotatable bonds is 7. The largest absolute Gasteiger partial charge is 0.480 e. The Labute approximate surface area is 114 Å². The third-order valence-corrected chi connectivity index (χ3v) is 2.79. The molecule has 112 valence electrons. The summed E-state index contributed by atoms with van der Waals surface area (Å²) in [5, 5.41) is 20.6. The third kappa shape index (κ3) is 5.89. The lowest BCUT2D eigenvalue weighted by atomic mass is 10.2. The standard InChI is InChI=1S/C12H25N3O4/c1-6-15(8(2)7-14(4)5)12(19)13-10(9(3)16)11(17)18/h8-10,16H,6-7H2,1-5H3,(H,13,19)(H,17,18)/t8?,9-,10+/m1/s1. The number of aliphatic hydroxyl groups excluding tert-OH is 1. The van der Waals surface area contributed by atoms with E-state index in [0.29, 0.717) is 13.1 Å². The molecule has 3 atom stereocenters. The van der Waals surface area contributed by atoms with Crippen molar-refractivity contribution in [3.8, 4) is 0 Å². The van der Waals surface area contributed by atoms with Gasteiger partial charge >= 0.3 is 12.0 Å². The Morgan fingerprint density at radius 3 is 2.11 bits per heavy atom. The van der Waals surface area contributed by atoms with Crippen molar-refractivity contribution in [3.63, 3.8) is 0 Å². The Morgan fingerprint density at radius 1 is 1.26 bits per heavy atom. The van der Waals surface area contributed by atoms with E-state index >= 15 is 0 Å². The third-order valence-electron chi connectivity index (χ3n) is 2.79. The first-order chi connectivity index (χ1) is 8.70. The summed E-state index contributed by atoms with van der Waals surface area (Å²) in [7, 11) is 3.80. The summed E-state index contributed by atoms with van der Waals surface area (Å²) in [6.45, 7) is 6.18. The Morgan fingerprint density at radius 2 is 1.79 bits per heavy atom. The molecule has 2 amide bonds. The van der Waals surface area contributed by atoms with Gasteiger partial charge in [0.05, 0.1) is 6.10 Å². The van der Waals surface area contributed by atoms with Crippen LogP contribution in [0, 0.1) is 0 Å². The molecule has 7 heteroatoms. The number of hydrogen-bond acceptors (Lipinski definition) is 4. The van der Waals surface area contributed by atoms with Crippen LogP contribution in [0.2, 0.25) is 0 Å². The van der Waals surface area contributed by atoms with E-state index in [-0.39, 0.29) is 6.04 Å². The molecular formula is C12H25N3O4. The van der Waals surface area contributed by atoms with Gasteiger partial charge in [0, 0.05) is 19.1 Å². The second kappa shape index (κ2) is 7.96. The predicted octanol–water partition coefficient (Wildman–Crippen LogP) is -0.198. The van der Waals surface area contributed by atoms with Gasteiger partial charge < -0.3 is 25.3 Å². The number of carboxylic acid groups (broad SMARTS) is 1. The zero-order valence-corrected chi connectivity index (χ0v) is 12.3. The molecule has 0 spiro atoms. The molecule has 0 saturated carbocycles. The summed E-state index contributed by atoms with van der Waals surface area (Å²) in [6, 6.07) is -1.83. The molecule has 0 radical (unpaired) electrons. The summed E-state index contributed by atoms with van der Waals surface area (Å²) in [6.07, 6.45) is -1.15. The van der Waals surface area contributed by atoms with Gasteiger partial charge in [-0.2, -0.15) is 0 Å². The van der Waals surface area contributed by atoms with Gasteiger partial charge in [-0.05, 0) is 34.9 Å². The van der Waals surface area contributed by atoms with Gasteiger partial charge in [0.25, 0.3) is 0 Å². The number of urea groups is 1. The first-order valence-electron chi connectivity index (χ1n) is 6.33. The van der Waals surface area contributed by atoms with E-state index in [0.717, 1.165) is 0 Å². The highest BCUT2D eigenvalue weighted by Crippen LogP contribution is 2.03. The average molecular weight is 275 g/mol. The minimum atomic E-state index is -1.30. The Kier molecular flexibility index (Phi) is 7.40. The maximum Gasteiger partial charge on any atom is 0.328 e. The van der Waals surface area contributed by atoms with Crippen LogP contribution in [-0.4, -0.2) is 77.4 Å². The smallest absolute Gasteiger partial charge is 0.328 e. The monoisotopic (exact) mass is 275 g/mol. The molecule has 0 aromatic heterocycles. The van der Waals surface area contributed by atoms with Crippen LogP contribution in [0.3, 0.4) is 0 Å². The number of aliphatic carboxylic acids is 1. The second-order valence-electron chi connectivity index (χ2n) is 4.90. The fraction of sp³-hybridized carbons (Fsp3) is 0.833. The number of aliphatic hydroxyl groups is 1. The van der Waals surface area contributed by atoms with E-state index in [1.807, 2.05) is 32.8 Å². The number of nitrogens with zero attached hydrogens (tertiary/aromatic N) is 2. The topological polar surface area (TPSA) is 93.1 Å². The van der Waals surface area contributed by atoms with Gasteiger partial charge in [0.15, 0.2) is 6.04 Å². The minimum Gasteiger partial charge on any atom is -0.480 e. The first kappa shape index (κ1) is 17.7. The van der Waals surface area contributed by atoms with Crippen LogP contribution in [-0.2, 0) is 4.79 Å². The zero-order chi connectivity index (χ0) is 15.2. The number of carboxylic acids is 1. The fourth-order valence-corrected chi connectivity index (χ4v) is 1.89. The molecule has 0 aromatic rings. The van der Waals surface area contributed by atoms with Crippen LogP contribution in [0.15, 0.2) is 0 Å². The average Bonchev–Trinajstić information content (AvgIpc) is 2.24. The molecule has 1 unspecified atom stereocenters. The number of nitrogens with one attached hydrogen (secondary N) is 1. The van der Waals surface area contributed by atoms with Crippen molar-refractivity contribution in [2.75, 3.05) is 27.2 Å². The van der Waals surface area contributed by atoms with Crippen molar-refractivity contribution in [2.24, 2.45) is 0 Å². The van der Waals surface area contributed by atoms with E-state index in [1.54, 1.807) is 4.90 Å². The lowest BCUT2D eigenvalue weighted by molar-refractivity contribution is -0.141. The molecule has 7 nitrogen and oxygen atoms in total.